The number of nitrogens with one attached hydrogen (secondary N) is 1. The molecule has 0 saturated carbocycles. The van der Waals surface area contributed by atoms with Crippen LogP contribution < -0.4 is 5.32 Å². The van der Waals surface area contributed by atoms with Crippen LogP contribution in [0.25, 0.3) is 0 Å². The van der Waals surface area contributed by atoms with E-state index in [0.717, 1.165) is 22.4 Å². The Morgan fingerprint density at radius 2 is 1.73 bits per heavy atom. The van der Waals surface area contributed by atoms with E-state index in [0.29, 0.717) is 17.9 Å². The lowest BCUT2D eigenvalue weighted by molar-refractivity contribution is -0.128. The van der Waals surface area contributed by atoms with Crippen LogP contribution in [0.4, 0.5) is 5.69 Å². The van der Waals surface area contributed by atoms with Crippen molar-refractivity contribution in [2.75, 3.05) is 11.1 Å². The predicted octanol–water partition coefficient (Wildman–Crippen LogP) is 5.33. The maximum absolute atomic E-state index is 12.6. The van der Waals surface area contributed by atoms with Gasteiger partial charge in [0.1, 0.15) is 5.37 Å². The van der Waals surface area contributed by atoms with Crippen molar-refractivity contribution in [1.29, 1.82) is 0 Å². The quantitative estimate of drug-likeness (QED) is 0.612. The van der Waals surface area contributed by atoms with E-state index in [2.05, 4.69) is 5.32 Å². The number of nitrogens with zero attached hydrogens (tertiary/aromatic N) is 1. The van der Waals surface area contributed by atoms with E-state index >= 15 is 0 Å². The van der Waals surface area contributed by atoms with Gasteiger partial charge in [-0.2, -0.15) is 0 Å². The largest absolute Gasteiger partial charge is 0.322 e. The molecular formula is C25H24N2O2S. The summed E-state index contributed by atoms with van der Waals surface area (Å²) in [6, 6.07) is 23.5. The molecular weight excluding hydrogens is 392 g/mol. The van der Waals surface area contributed by atoms with Crippen LogP contribution in [-0.2, 0) is 11.3 Å². The standard InChI is InChI=1S/C25H24N2O2S/c1-17-8-13-22(14-18(17)2)26-24(29)20-9-11-21(12-10-20)25-27(23(28)16-30-25)15-19-6-4-3-5-7-19/h3-14,25H,15-16H2,1-2H3,(H,26,29)/t25-/m1/s1. The molecule has 0 aliphatic carbocycles. The van der Waals surface area contributed by atoms with Crippen molar-refractivity contribution in [3.05, 3.63) is 101 Å². The zero-order valence-corrected chi connectivity index (χ0v) is 17.9. The van der Waals surface area contributed by atoms with E-state index in [1.165, 1.54) is 5.56 Å². The Morgan fingerprint density at radius 1 is 1.00 bits per heavy atom. The number of carbonyl (C=O) groups is 2. The molecule has 4 rings (SSSR count). The highest BCUT2D eigenvalue weighted by Gasteiger charge is 2.32. The number of aryl methyl sites for hydroxylation is 2. The fourth-order valence-corrected chi connectivity index (χ4v) is 4.69. The smallest absolute Gasteiger partial charge is 0.255 e. The van der Waals surface area contributed by atoms with Crippen LogP contribution in [0.2, 0.25) is 0 Å². The summed E-state index contributed by atoms with van der Waals surface area (Å²) in [6.45, 7) is 4.67. The van der Waals surface area contributed by atoms with Crippen molar-refractivity contribution >= 4 is 29.3 Å². The number of rotatable bonds is 5. The van der Waals surface area contributed by atoms with Gasteiger partial charge in [0, 0.05) is 17.8 Å². The minimum atomic E-state index is -0.138. The highest BCUT2D eigenvalue weighted by molar-refractivity contribution is 8.00. The van der Waals surface area contributed by atoms with Gasteiger partial charge in [-0.25, -0.2) is 0 Å². The predicted molar refractivity (Wildman–Crippen MR) is 123 cm³/mol. The molecule has 1 aliphatic heterocycles. The van der Waals surface area contributed by atoms with E-state index in [9.17, 15) is 9.59 Å². The summed E-state index contributed by atoms with van der Waals surface area (Å²) in [6.07, 6.45) is 0. The summed E-state index contributed by atoms with van der Waals surface area (Å²) in [5.41, 5.74) is 5.87. The van der Waals surface area contributed by atoms with Crippen LogP contribution in [0, 0.1) is 13.8 Å². The number of hydrogen-bond acceptors (Lipinski definition) is 3. The molecule has 2 amide bonds. The zero-order chi connectivity index (χ0) is 21.1. The lowest BCUT2D eigenvalue weighted by atomic mass is 10.1. The maximum atomic E-state index is 12.6. The first-order valence-electron chi connectivity index (χ1n) is 9.95. The van der Waals surface area contributed by atoms with Gasteiger partial charge < -0.3 is 10.2 Å². The zero-order valence-electron chi connectivity index (χ0n) is 17.1. The van der Waals surface area contributed by atoms with Crippen molar-refractivity contribution < 1.29 is 9.59 Å². The molecule has 1 heterocycles. The van der Waals surface area contributed by atoms with Gasteiger partial charge in [0.2, 0.25) is 5.91 Å². The topological polar surface area (TPSA) is 49.4 Å². The molecule has 1 fully saturated rings. The molecule has 1 saturated heterocycles. The van der Waals surface area contributed by atoms with Crippen LogP contribution in [0.3, 0.4) is 0 Å². The molecule has 5 heteroatoms. The lowest BCUT2D eigenvalue weighted by Gasteiger charge is -2.24. The number of hydrogen-bond donors (Lipinski definition) is 1. The van der Waals surface area contributed by atoms with Gasteiger partial charge in [0.05, 0.1) is 5.75 Å². The summed E-state index contributed by atoms with van der Waals surface area (Å²) in [7, 11) is 0. The van der Waals surface area contributed by atoms with E-state index in [4.69, 9.17) is 0 Å². The van der Waals surface area contributed by atoms with E-state index in [1.54, 1.807) is 11.8 Å². The Bertz CT molecular complexity index is 1060. The van der Waals surface area contributed by atoms with Crippen LogP contribution in [0.15, 0.2) is 72.8 Å². The average Bonchev–Trinajstić information content (AvgIpc) is 3.12. The van der Waals surface area contributed by atoms with Crippen molar-refractivity contribution in [2.24, 2.45) is 0 Å². The number of carbonyl (C=O) groups excluding carboxylic acids is 2. The summed E-state index contributed by atoms with van der Waals surface area (Å²) in [4.78, 5) is 27.0. The third kappa shape index (κ3) is 4.41. The Balaban J connectivity index is 1.47. The first kappa shape index (κ1) is 20.2. The molecule has 4 nitrogen and oxygen atoms in total. The second-order valence-electron chi connectivity index (χ2n) is 7.55. The Labute approximate surface area is 181 Å². The van der Waals surface area contributed by atoms with E-state index in [1.807, 2.05) is 91.5 Å². The molecule has 0 unspecified atom stereocenters. The molecule has 1 aliphatic rings. The molecule has 30 heavy (non-hydrogen) atoms. The maximum Gasteiger partial charge on any atom is 0.255 e. The van der Waals surface area contributed by atoms with Crippen LogP contribution in [0.1, 0.15) is 38.0 Å². The fraction of sp³-hybridized carbons (Fsp3) is 0.200. The second-order valence-corrected chi connectivity index (χ2v) is 8.61. The molecule has 0 bridgehead atoms. The molecule has 0 aromatic heterocycles. The number of benzene rings is 3. The van der Waals surface area contributed by atoms with Gasteiger partial charge in [-0.15, -0.1) is 11.8 Å². The minimum absolute atomic E-state index is 0.0328. The van der Waals surface area contributed by atoms with E-state index < -0.39 is 0 Å². The molecule has 152 valence electrons. The fourth-order valence-electron chi connectivity index (χ4n) is 3.50. The summed E-state index contributed by atoms with van der Waals surface area (Å²) < 4.78 is 0. The molecule has 1 N–H and O–H groups in total. The van der Waals surface area contributed by atoms with Gasteiger partial charge in [-0.3, -0.25) is 9.59 Å². The highest BCUT2D eigenvalue weighted by Crippen LogP contribution is 2.39. The van der Waals surface area contributed by atoms with Crippen LogP contribution in [-0.4, -0.2) is 22.5 Å². The third-order valence-corrected chi connectivity index (χ3v) is 6.64. The van der Waals surface area contributed by atoms with Crippen molar-refractivity contribution in [1.82, 2.24) is 4.90 Å². The Hall–Kier alpha value is -3.05. The summed E-state index contributed by atoms with van der Waals surface area (Å²) in [5, 5.41) is 2.92. The highest BCUT2D eigenvalue weighted by atomic mass is 32.2. The molecule has 0 radical (unpaired) electrons. The van der Waals surface area contributed by atoms with E-state index in [-0.39, 0.29) is 17.2 Å². The molecule has 3 aromatic rings. The van der Waals surface area contributed by atoms with Crippen LogP contribution >= 0.6 is 11.8 Å². The summed E-state index contributed by atoms with van der Waals surface area (Å²) >= 11 is 1.63. The van der Waals surface area contributed by atoms with Gasteiger partial charge in [-0.05, 0) is 60.4 Å². The SMILES string of the molecule is Cc1ccc(NC(=O)c2ccc([C@H]3SCC(=O)N3Cc3ccccc3)cc2)cc1C. The second kappa shape index (κ2) is 8.76. The molecule has 3 aromatic carbocycles. The Kier molecular flexibility index (Phi) is 5.91. The lowest BCUT2D eigenvalue weighted by Crippen LogP contribution is -2.27. The van der Waals surface area contributed by atoms with Crippen LogP contribution in [0.5, 0.6) is 0 Å². The third-order valence-electron chi connectivity index (χ3n) is 5.39. The van der Waals surface area contributed by atoms with Gasteiger partial charge >= 0.3 is 0 Å². The monoisotopic (exact) mass is 416 g/mol. The van der Waals surface area contributed by atoms with Crippen molar-refractivity contribution in [3.63, 3.8) is 0 Å². The van der Waals surface area contributed by atoms with Crippen molar-refractivity contribution in [2.45, 2.75) is 25.8 Å². The van der Waals surface area contributed by atoms with Gasteiger partial charge in [0.25, 0.3) is 5.91 Å². The summed E-state index contributed by atoms with van der Waals surface area (Å²) in [5.74, 6) is 0.485. The van der Waals surface area contributed by atoms with Gasteiger partial charge in [0.15, 0.2) is 0 Å². The minimum Gasteiger partial charge on any atom is -0.322 e. The molecule has 0 spiro atoms. The normalized spacial score (nSPS) is 16.0. The molecule has 1 atom stereocenters. The number of amides is 2. The number of anilines is 1. The first-order valence-corrected chi connectivity index (χ1v) is 11.0. The van der Waals surface area contributed by atoms with Gasteiger partial charge in [-0.1, -0.05) is 48.5 Å². The average molecular weight is 417 g/mol. The first-order chi connectivity index (χ1) is 14.5. The van der Waals surface area contributed by atoms with Crippen molar-refractivity contribution in [3.8, 4) is 0 Å². The Morgan fingerprint density at radius 3 is 2.43 bits per heavy atom. The number of thioether (sulfide) groups is 1.